The summed E-state index contributed by atoms with van der Waals surface area (Å²) in [7, 11) is -3.11. The predicted octanol–water partition coefficient (Wildman–Crippen LogP) is 1.24. The van der Waals surface area contributed by atoms with Gasteiger partial charge in [-0.15, -0.1) is 0 Å². The second-order valence-electron chi connectivity index (χ2n) is 5.81. The molecule has 20 heavy (non-hydrogen) atoms. The fourth-order valence-corrected chi connectivity index (χ4v) is 4.84. The van der Waals surface area contributed by atoms with Gasteiger partial charge in [-0.2, -0.15) is 0 Å². The van der Waals surface area contributed by atoms with E-state index in [1.165, 1.54) is 0 Å². The van der Waals surface area contributed by atoms with E-state index in [0.717, 1.165) is 24.9 Å². The SMILES string of the molecule is O=S(=O)(CCc1ccccc1)N1CCC2NCCC2C1. The highest BCUT2D eigenvalue weighted by atomic mass is 32.2. The average Bonchev–Trinajstić information content (AvgIpc) is 2.94. The number of fused-ring (bicyclic) bond motifs is 1. The van der Waals surface area contributed by atoms with E-state index in [9.17, 15) is 8.42 Å². The fourth-order valence-electron chi connectivity index (χ4n) is 3.29. The normalized spacial score (nSPS) is 27.4. The summed E-state index contributed by atoms with van der Waals surface area (Å²) in [4.78, 5) is 0. The number of nitrogens with one attached hydrogen (secondary N) is 1. The first-order valence-electron chi connectivity index (χ1n) is 7.40. The first-order valence-corrected chi connectivity index (χ1v) is 9.01. The Morgan fingerprint density at radius 3 is 2.80 bits per heavy atom. The van der Waals surface area contributed by atoms with E-state index in [2.05, 4.69) is 5.32 Å². The number of hydrogen-bond donors (Lipinski definition) is 1. The lowest BCUT2D eigenvalue weighted by molar-refractivity contribution is 0.247. The molecule has 5 heteroatoms. The smallest absolute Gasteiger partial charge is 0.214 e. The lowest BCUT2D eigenvalue weighted by Gasteiger charge is -2.34. The fraction of sp³-hybridized carbons (Fsp3) is 0.600. The van der Waals surface area contributed by atoms with Crippen LogP contribution in [0.1, 0.15) is 18.4 Å². The van der Waals surface area contributed by atoms with E-state index in [0.29, 0.717) is 31.5 Å². The summed E-state index contributed by atoms with van der Waals surface area (Å²) in [5, 5.41) is 3.47. The highest BCUT2D eigenvalue weighted by Gasteiger charge is 2.36. The molecule has 1 N–H and O–H groups in total. The molecule has 3 rings (SSSR count). The Hall–Kier alpha value is -0.910. The minimum atomic E-state index is -3.11. The van der Waals surface area contributed by atoms with Crippen molar-refractivity contribution in [3.05, 3.63) is 35.9 Å². The molecule has 0 aliphatic carbocycles. The summed E-state index contributed by atoms with van der Waals surface area (Å²) in [5.41, 5.74) is 1.09. The zero-order valence-electron chi connectivity index (χ0n) is 11.7. The van der Waals surface area contributed by atoms with Gasteiger partial charge in [0.2, 0.25) is 10.0 Å². The van der Waals surface area contributed by atoms with E-state index in [1.807, 2.05) is 30.3 Å². The van der Waals surface area contributed by atoms with Crippen molar-refractivity contribution < 1.29 is 8.42 Å². The molecular weight excluding hydrogens is 272 g/mol. The minimum Gasteiger partial charge on any atom is -0.314 e. The Kier molecular flexibility index (Phi) is 4.10. The minimum absolute atomic E-state index is 0.224. The maximum absolute atomic E-state index is 12.5. The van der Waals surface area contributed by atoms with E-state index < -0.39 is 10.0 Å². The van der Waals surface area contributed by atoms with Crippen molar-refractivity contribution in [2.24, 2.45) is 5.92 Å². The van der Waals surface area contributed by atoms with Gasteiger partial charge in [0.1, 0.15) is 0 Å². The monoisotopic (exact) mass is 294 g/mol. The molecular formula is C15H22N2O2S. The molecule has 0 saturated carbocycles. The van der Waals surface area contributed by atoms with Gasteiger partial charge in [-0.1, -0.05) is 30.3 Å². The third-order valence-corrected chi connectivity index (χ3v) is 6.34. The number of piperidine rings is 1. The Labute approximate surface area is 121 Å². The van der Waals surface area contributed by atoms with Crippen molar-refractivity contribution in [1.29, 1.82) is 0 Å². The highest BCUT2D eigenvalue weighted by Crippen LogP contribution is 2.26. The van der Waals surface area contributed by atoms with Crippen molar-refractivity contribution in [2.45, 2.75) is 25.3 Å². The standard InChI is InChI=1S/C15H22N2O2S/c18-20(19,11-8-13-4-2-1-3-5-13)17-10-7-15-14(12-17)6-9-16-15/h1-5,14-16H,6-12H2. The van der Waals surface area contributed by atoms with Gasteiger partial charge in [-0.3, -0.25) is 0 Å². The second kappa shape index (κ2) is 5.84. The molecule has 2 heterocycles. The maximum atomic E-state index is 12.5. The molecule has 0 amide bonds. The molecule has 2 fully saturated rings. The van der Waals surface area contributed by atoms with Crippen LogP contribution < -0.4 is 5.32 Å². The third kappa shape index (κ3) is 3.05. The van der Waals surface area contributed by atoms with Gasteiger partial charge in [-0.05, 0) is 37.3 Å². The van der Waals surface area contributed by atoms with Crippen LogP contribution in [0.15, 0.2) is 30.3 Å². The summed E-state index contributed by atoms with van der Waals surface area (Å²) in [6.07, 6.45) is 2.66. The molecule has 2 aliphatic heterocycles. The number of sulfonamides is 1. The molecule has 2 aliphatic rings. The lowest BCUT2D eigenvalue weighted by Crippen LogP contribution is -2.47. The van der Waals surface area contributed by atoms with Gasteiger partial charge in [0.25, 0.3) is 0 Å². The first-order chi connectivity index (χ1) is 9.65. The van der Waals surface area contributed by atoms with Gasteiger partial charge < -0.3 is 5.32 Å². The van der Waals surface area contributed by atoms with Crippen LogP contribution in [-0.4, -0.2) is 44.2 Å². The lowest BCUT2D eigenvalue weighted by atomic mass is 9.95. The quantitative estimate of drug-likeness (QED) is 0.909. The Bertz CT molecular complexity index is 544. The molecule has 0 aromatic heterocycles. The number of aryl methyl sites for hydroxylation is 1. The van der Waals surface area contributed by atoms with Crippen LogP contribution in [0.25, 0.3) is 0 Å². The summed E-state index contributed by atoms with van der Waals surface area (Å²) >= 11 is 0. The molecule has 2 atom stereocenters. The number of nitrogens with zero attached hydrogens (tertiary/aromatic N) is 1. The van der Waals surface area contributed by atoms with Gasteiger partial charge in [0.15, 0.2) is 0 Å². The molecule has 110 valence electrons. The van der Waals surface area contributed by atoms with Gasteiger partial charge in [-0.25, -0.2) is 12.7 Å². The average molecular weight is 294 g/mol. The van der Waals surface area contributed by atoms with Gasteiger partial charge in [0.05, 0.1) is 5.75 Å². The molecule has 2 unspecified atom stereocenters. The van der Waals surface area contributed by atoms with Crippen LogP contribution in [0, 0.1) is 5.92 Å². The molecule has 0 bridgehead atoms. The Balaban J connectivity index is 1.60. The van der Waals surface area contributed by atoms with Crippen molar-refractivity contribution in [3.8, 4) is 0 Å². The molecule has 4 nitrogen and oxygen atoms in total. The number of benzene rings is 1. The zero-order valence-corrected chi connectivity index (χ0v) is 12.5. The van der Waals surface area contributed by atoms with E-state index in [1.54, 1.807) is 4.31 Å². The third-order valence-electron chi connectivity index (χ3n) is 4.50. The van der Waals surface area contributed by atoms with Crippen LogP contribution in [0.5, 0.6) is 0 Å². The van der Waals surface area contributed by atoms with Crippen molar-refractivity contribution in [2.75, 3.05) is 25.4 Å². The van der Waals surface area contributed by atoms with Crippen LogP contribution in [0.4, 0.5) is 0 Å². The van der Waals surface area contributed by atoms with Crippen LogP contribution in [-0.2, 0) is 16.4 Å². The van der Waals surface area contributed by atoms with Crippen LogP contribution >= 0.6 is 0 Å². The summed E-state index contributed by atoms with van der Waals surface area (Å²) in [5.74, 6) is 0.734. The topological polar surface area (TPSA) is 49.4 Å². The Morgan fingerprint density at radius 2 is 2.00 bits per heavy atom. The largest absolute Gasteiger partial charge is 0.314 e. The molecule has 0 spiro atoms. The van der Waals surface area contributed by atoms with E-state index >= 15 is 0 Å². The Morgan fingerprint density at radius 1 is 1.20 bits per heavy atom. The predicted molar refractivity (Wildman–Crippen MR) is 80.0 cm³/mol. The molecule has 1 aromatic carbocycles. The first kappa shape index (κ1) is 14.0. The molecule has 2 saturated heterocycles. The zero-order chi connectivity index (χ0) is 14.0. The van der Waals surface area contributed by atoms with Crippen LogP contribution in [0.3, 0.4) is 0 Å². The van der Waals surface area contributed by atoms with Crippen LogP contribution in [0.2, 0.25) is 0 Å². The molecule has 0 radical (unpaired) electrons. The summed E-state index contributed by atoms with van der Waals surface area (Å²) in [6, 6.07) is 10.4. The maximum Gasteiger partial charge on any atom is 0.214 e. The number of rotatable bonds is 4. The van der Waals surface area contributed by atoms with Gasteiger partial charge >= 0.3 is 0 Å². The van der Waals surface area contributed by atoms with E-state index in [-0.39, 0.29) is 5.75 Å². The van der Waals surface area contributed by atoms with E-state index in [4.69, 9.17) is 0 Å². The van der Waals surface area contributed by atoms with Crippen molar-refractivity contribution >= 4 is 10.0 Å². The highest BCUT2D eigenvalue weighted by molar-refractivity contribution is 7.89. The van der Waals surface area contributed by atoms with Gasteiger partial charge in [0, 0.05) is 19.1 Å². The summed E-state index contributed by atoms with van der Waals surface area (Å²) in [6.45, 7) is 2.41. The van der Waals surface area contributed by atoms with Crippen molar-refractivity contribution in [1.82, 2.24) is 9.62 Å². The molecule has 1 aromatic rings. The summed E-state index contributed by atoms with van der Waals surface area (Å²) < 4.78 is 26.6. The number of hydrogen-bond acceptors (Lipinski definition) is 3. The second-order valence-corrected chi connectivity index (χ2v) is 7.90. The van der Waals surface area contributed by atoms with Crippen molar-refractivity contribution in [3.63, 3.8) is 0 Å².